The van der Waals surface area contributed by atoms with Crippen LogP contribution >= 0.6 is 15.9 Å². The lowest BCUT2D eigenvalue weighted by molar-refractivity contribution is -0.145. The third-order valence-corrected chi connectivity index (χ3v) is 24.8. The number of aromatic nitrogens is 4. The maximum Gasteiger partial charge on any atom is 0.312 e. The molecule has 0 aliphatic carbocycles. The normalized spacial score (nSPS) is 13.2. The summed E-state index contributed by atoms with van der Waals surface area (Å²) in [4.78, 5) is 63.0. The Bertz CT molecular complexity index is 3480. The zero-order valence-electron chi connectivity index (χ0n) is 47.2. The zero-order valence-corrected chi connectivity index (χ0v) is 50.8. The Balaban J connectivity index is 0.000000227. The van der Waals surface area contributed by atoms with Crippen molar-refractivity contribution in [1.82, 2.24) is 19.9 Å². The maximum absolute atomic E-state index is 13.1. The molecule has 0 saturated heterocycles. The molecule has 0 fully saturated rings. The molecule has 2 atom stereocenters. The van der Waals surface area contributed by atoms with E-state index in [4.69, 9.17) is 23.9 Å². The molecule has 4 N–H and O–H groups in total. The third kappa shape index (κ3) is 13.8. The molecule has 0 spiro atoms. The molecule has 6 aromatic carbocycles. The molecule has 79 heavy (non-hydrogen) atoms. The number of fused-ring (bicyclic) bond motifs is 2. The maximum atomic E-state index is 13.1. The van der Waals surface area contributed by atoms with Gasteiger partial charge in [0.25, 0.3) is 27.8 Å². The van der Waals surface area contributed by atoms with Gasteiger partial charge in [-0.3, -0.25) is 19.2 Å². The fraction of sp³-hybridized carbons (Fsp3) is 0.281. The van der Waals surface area contributed by atoms with Crippen molar-refractivity contribution in [2.24, 2.45) is 10.8 Å². The van der Waals surface area contributed by atoms with Gasteiger partial charge in [-0.25, -0.2) is 9.97 Å². The van der Waals surface area contributed by atoms with Gasteiger partial charge in [-0.1, -0.05) is 203 Å². The molecule has 8 aromatic rings. The molecule has 0 aliphatic rings. The molecule has 412 valence electrons. The van der Waals surface area contributed by atoms with Crippen LogP contribution in [0.15, 0.2) is 191 Å². The summed E-state index contributed by atoms with van der Waals surface area (Å²) in [6.45, 7) is 27.1. The van der Waals surface area contributed by atoms with Crippen LogP contribution in [-0.4, -0.2) is 58.7 Å². The highest BCUT2D eigenvalue weighted by molar-refractivity contribution is 9.10. The van der Waals surface area contributed by atoms with Gasteiger partial charge in [-0.2, -0.15) is 0 Å². The van der Waals surface area contributed by atoms with E-state index in [0.29, 0.717) is 33.5 Å². The summed E-state index contributed by atoms with van der Waals surface area (Å²) in [6.07, 6.45) is 3.89. The molecule has 2 aromatic heterocycles. The van der Waals surface area contributed by atoms with Crippen LogP contribution in [-0.2, 0) is 18.4 Å². The highest BCUT2D eigenvalue weighted by atomic mass is 79.9. The van der Waals surface area contributed by atoms with Gasteiger partial charge in [-0.05, 0) is 108 Å². The summed E-state index contributed by atoms with van der Waals surface area (Å²) < 4.78 is 15.1. The van der Waals surface area contributed by atoms with E-state index in [2.05, 4.69) is 147 Å². The van der Waals surface area contributed by atoms with Gasteiger partial charge in [0.05, 0.1) is 32.6 Å². The molecule has 8 rings (SSSR count). The molecule has 2 heterocycles. The van der Waals surface area contributed by atoms with Gasteiger partial charge in [0.2, 0.25) is 0 Å². The fourth-order valence-electron chi connectivity index (χ4n) is 9.28. The minimum Gasteiger partial charge on any atom is -0.481 e. The number of carboxylic acid groups (broad SMARTS) is 2. The lowest BCUT2D eigenvalue weighted by Gasteiger charge is -2.44. The summed E-state index contributed by atoms with van der Waals surface area (Å²) in [5.41, 5.74) is -0.246. The number of nitrogens with zero attached hydrogens (tertiary/aromatic N) is 2. The van der Waals surface area contributed by atoms with Crippen LogP contribution in [0.1, 0.15) is 113 Å². The average Bonchev–Trinajstić information content (AvgIpc) is 3.54. The molecular formula is C64H73BrN4O8Si2. The van der Waals surface area contributed by atoms with Gasteiger partial charge in [0.1, 0.15) is 23.9 Å². The lowest BCUT2D eigenvalue weighted by atomic mass is 9.92. The second-order valence-corrected chi connectivity index (χ2v) is 32.2. The Kier molecular flexibility index (Phi) is 19.2. The summed E-state index contributed by atoms with van der Waals surface area (Å²) in [7, 11) is -5.63. The first-order chi connectivity index (χ1) is 37.1. The van der Waals surface area contributed by atoms with Crippen molar-refractivity contribution in [3.63, 3.8) is 0 Å². The van der Waals surface area contributed by atoms with Crippen molar-refractivity contribution in [2.75, 3.05) is 0 Å². The summed E-state index contributed by atoms with van der Waals surface area (Å²) >= 11 is 3.48. The van der Waals surface area contributed by atoms with Gasteiger partial charge in [-0.15, -0.1) is 6.58 Å². The fourth-order valence-corrected chi connectivity index (χ4v) is 18.9. The molecule has 0 bridgehead atoms. The first-order valence-electron chi connectivity index (χ1n) is 26.2. The van der Waals surface area contributed by atoms with Crippen LogP contribution in [0.4, 0.5) is 0 Å². The molecule has 12 nitrogen and oxygen atoms in total. The number of nitrogens with one attached hydrogen (secondary N) is 2. The topological polar surface area (TPSA) is 185 Å². The van der Waals surface area contributed by atoms with Crippen LogP contribution in [0.25, 0.3) is 27.9 Å². The number of halogens is 1. The van der Waals surface area contributed by atoms with E-state index >= 15 is 0 Å². The van der Waals surface area contributed by atoms with E-state index in [9.17, 15) is 24.3 Å². The van der Waals surface area contributed by atoms with Crippen molar-refractivity contribution >= 4 is 93.1 Å². The minimum atomic E-state index is -2.86. The second-order valence-electron chi connectivity index (χ2n) is 22.8. The number of aromatic amines is 2. The Morgan fingerprint density at radius 2 is 0.886 bits per heavy atom. The minimum absolute atomic E-state index is 0.157. The molecule has 0 saturated carbocycles. The largest absolute Gasteiger partial charge is 0.481 e. The quantitative estimate of drug-likeness (QED) is 0.0569. The number of hydrogen-bond acceptors (Lipinski definition) is 8. The van der Waals surface area contributed by atoms with Crippen LogP contribution in [0.5, 0.6) is 0 Å². The highest BCUT2D eigenvalue weighted by Crippen LogP contribution is 2.41. The van der Waals surface area contributed by atoms with Gasteiger partial charge >= 0.3 is 11.9 Å². The number of H-pyrrole nitrogens is 2. The number of carboxylic acids is 2. The highest BCUT2D eigenvalue weighted by Gasteiger charge is 2.52. The van der Waals surface area contributed by atoms with Crippen LogP contribution in [0.3, 0.4) is 0 Å². The Hall–Kier alpha value is -7.15. The number of hydrogen-bond donors (Lipinski definition) is 4. The van der Waals surface area contributed by atoms with Crippen molar-refractivity contribution in [1.29, 1.82) is 0 Å². The first-order valence-corrected chi connectivity index (χ1v) is 30.8. The molecule has 15 heteroatoms. The Morgan fingerprint density at radius 1 is 0.544 bits per heavy atom. The van der Waals surface area contributed by atoms with Crippen LogP contribution in [0, 0.1) is 10.8 Å². The van der Waals surface area contributed by atoms with E-state index in [0.717, 1.165) is 20.4 Å². The van der Waals surface area contributed by atoms with Crippen molar-refractivity contribution < 1.29 is 28.7 Å². The lowest BCUT2D eigenvalue weighted by Crippen LogP contribution is -2.66. The summed E-state index contributed by atoms with van der Waals surface area (Å²) in [6, 6.07) is 52.4. The monoisotopic (exact) mass is 1160 g/mol. The number of aliphatic carboxylic acids is 2. The van der Waals surface area contributed by atoms with E-state index in [1.807, 2.05) is 74.5 Å². The standard InChI is InChI=1S/C32H36N2O4Si.C26H27BrN2O2Si.C6H10O2/c1-22(38-39(31(2,3)4,24-13-9-7-10-14-24)25-15-11-8-12-16-25)28-33-27-21-23(17-18-26(27)29(35)34-28)19-20-32(5,6)30(36)37;1-18(24-28-23-17-19(27)15-16-22(23)25(30)29-24)31-32(26(2,3)4,20-11-7-5-8-12-20)21-13-9-6-10-14-21;1-4-6(2,3)5(7)8/h7-22H,1-6H3,(H,36,37)(H,33,34,35);5-18H,1-4H3,(H,28,29,30);4H,1H2,2-3H3,(H,7,8)/b20-19+;;/t22-;18-;/m11./s1. The molecule has 0 amide bonds. The van der Waals surface area contributed by atoms with Gasteiger partial charge < -0.3 is 29.0 Å². The molecule has 0 radical (unpaired) electrons. The molecule has 0 unspecified atom stereocenters. The van der Waals surface area contributed by atoms with Crippen molar-refractivity contribution in [3.05, 3.63) is 219 Å². The van der Waals surface area contributed by atoms with E-state index in [1.54, 1.807) is 64.1 Å². The predicted molar refractivity (Wildman–Crippen MR) is 329 cm³/mol. The second kappa shape index (κ2) is 24.9. The number of rotatable bonds is 15. The van der Waals surface area contributed by atoms with Crippen molar-refractivity contribution in [3.8, 4) is 0 Å². The Morgan fingerprint density at radius 3 is 1.20 bits per heavy atom. The Labute approximate surface area is 474 Å². The van der Waals surface area contributed by atoms with E-state index < -0.39 is 51.6 Å². The summed E-state index contributed by atoms with van der Waals surface area (Å²) in [5, 5.41) is 23.1. The SMILES string of the molecule is C=CC(C)(C)C(=O)O.C[C@@H](O[Si](c1ccccc1)(c1ccccc1)C(C)(C)C)c1nc2cc(/C=C/C(C)(C)C(=O)O)ccc2c(=O)[nH]1.C[C@@H](O[Si](c1ccccc1)(c1ccccc1)C(C)(C)C)c1nc2cc(Br)ccc2c(=O)[nH]1. The van der Waals surface area contributed by atoms with Gasteiger partial charge in [0.15, 0.2) is 0 Å². The zero-order chi connectivity index (χ0) is 58.1. The predicted octanol–water partition coefficient (Wildman–Crippen LogP) is 12.3. The smallest absolute Gasteiger partial charge is 0.312 e. The van der Waals surface area contributed by atoms with E-state index in [-0.39, 0.29) is 21.2 Å². The average molecular weight is 1160 g/mol. The first kappa shape index (κ1) is 61.1. The molecular weight excluding hydrogens is 1090 g/mol. The third-order valence-electron chi connectivity index (χ3n) is 14.1. The van der Waals surface area contributed by atoms with E-state index in [1.165, 1.54) is 16.4 Å². The van der Waals surface area contributed by atoms with Gasteiger partial charge in [0, 0.05) is 4.47 Å². The van der Waals surface area contributed by atoms with Crippen LogP contribution < -0.4 is 31.9 Å². The van der Waals surface area contributed by atoms with Crippen molar-refractivity contribution in [2.45, 2.75) is 105 Å². The number of carbonyl (C=O) groups is 2. The van der Waals surface area contributed by atoms with Crippen LogP contribution in [0.2, 0.25) is 10.1 Å². The summed E-state index contributed by atoms with van der Waals surface area (Å²) in [5.74, 6) is -0.765. The number of benzene rings is 6. The molecule has 0 aliphatic heterocycles.